The molecule has 0 fully saturated rings. The zero-order valence-electron chi connectivity index (χ0n) is 20.3. The van der Waals surface area contributed by atoms with Gasteiger partial charge in [-0.1, -0.05) is 76.2 Å². The molecule has 1 aliphatic carbocycles. The summed E-state index contributed by atoms with van der Waals surface area (Å²) in [4.78, 5) is 36.0. The molecule has 1 atom stereocenters. The molecule has 2 aromatic carbocycles. The first-order valence-corrected chi connectivity index (χ1v) is 11.7. The third kappa shape index (κ3) is 6.37. The van der Waals surface area contributed by atoms with Gasteiger partial charge in [0.1, 0.15) is 6.61 Å². The first-order valence-electron chi connectivity index (χ1n) is 11.7. The van der Waals surface area contributed by atoms with Crippen LogP contribution in [-0.2, 0) is 14.3 Å². The Labute approximate surface area is 200 Å². The van der Waals surface area contributed by atoms with Crippen molar-refractivity contribution >= 4 is 18.0 Å². The van der Waals surface area contributed by atoms with Crippen LogP contribution in [-0.4, -0.2) is 42.3 Å². The summed E-state index contributed by atoms with van der Waals surface area (Å²) >= 11 is 0. The molecule has 7 heteroatoms. The molecule has 1 aliphatic rings. The number of nitrogens with one attached hydrogen (secondary N) is 2. The van der Waals surface area contributed by atoms with Gasteiger partial charge in [0.25, 0.3) is 0 Å². The highest BCUT2D eigenvalue weighted by molar-refractivity contribution is 5.79. The van der Waals surface area contributed by atoms with Crippen LogP contribution in [0.2, 0.25) is 0 Å². The second-order valence-electron chi connectivity index (χ2n) is 10.0. The Morgan fingerprint density at radius 1 is 1.00 bits per heavy atom. The lowest BCUT2D eigenvalue weighted by molar-refractivity contribution is -0.138. The predicted octanol–water partition coefficient (Wildman–Crippen LogP) is 4.56. The molecule has 7 nitrogen and oxygen atoms in total. The van der Waals surface area contributed by atoms with Crippen LogP contribution < -0.4 is 10.6 Å². The van der Waals surface area contributed by atoms with E-state index in [-0.39, 0.29) is 43.7 Å². The third-order valence-electron chi connectivity index (χ3n) is 6.24. The topological polar surface area (TPSA) is 105 Å². The molecule has 0 aromatic heterocycles. The molecule has 3 rings (SSSR count). The van der Waals surface area contributed by atoms with Gasteiger partial charge in [-0.2, -0.15) is 0 Å². The lowest BCUT2D eigenvalue weighted by atomic mass is 9.88. The maximum absolute atomic E-state index is 12.5. The average molecular weight is 467 g/mol. The van der Waals surface area contributed by atoms with E-state index in [0.717, 1.165) is 11.1 Å². The Kier molecular flexibility index (Phi) is 7.97. The summed E-state index contributed by atoms with van der Waals surface area (Å²) in [7, 11) is 0. The van der Waals surface area contributed by atoms with Crippen molar-refractivity contribution in [3.63, 3.8) is 0 Å². The van der Waals surface area contributed by atoms with Crippen LogP contribution in [0.3, 0.4) is 0 Å². The number of aliphatic carboxylic acids is 1. The minimum Gasteiger partial charge on any atom is -0.481 e. The van der Waals surface area contributed by atoms with Crippen molar-refractivity contribution in [2.24, 2.45) is 11.3 Å². The third-order valence-corrected chi connectivity index (χ3v) is 6.24. The van der Waals surface area contributed by atoms with Crippen molar-refractivity contribution in [2.75, 3.05) is 13.2 Å². The summed E-state index contributed by atoms with van der Waals surface area (Å²) < 4.78 is 5.56. The van der Waals surface area contributed by atoms with Crippen molar-refractivity contribution < 1.29 is 24.2 Å². The zero-order chi connectivity index (χ0) is 24.9. The molecule has 0 spiro atoms. The van der Waals surface area contributed by atoms with Gasteiger partial charge in [-0.15, -0.1) is 0 Å². The van der Waals surface area contributed by atoms with Gasteiger partial charge in [-0.25, -0.2) is 4.79 Å². The van der Waals surface area contributed by atoms with Crippen LogP contribution >= 0.6 is 0 Å². The highest BCUT2D eigenvalue weighted by atomic mass is 16.5. The largest absolute Gasteiger partial charge is 0.481 e. The summed E-state index contributed by atoms with van der Waals surface area (Å²) in [6, 6.07) is 15.9. The Bertz CT molecular complexity index is 1000. The van der Waals surface area contributed by atoms with Crippen LogP contribution in [0.15, 0.2) is 48.5 Å². The van der Waals surface area contributed by atoms with Crippen molar-refractivity contribution in [2.45, 2.75) is 52.5 Å². The molecular weight excluding hydrogens is 432 g/mol. The summed E-state index contributed by atoms with van der Waals surface area (Å²) in [5.74, 6) is -1.20. The molecule has 2 amide bonds. The maximum atomic E-state index is 12.5. The Hall–Kier alpha value is -3.35. The number of carboxylic acids is 1. The van der Waals surface area contributed by atoms with Crippen molar-refractivity contribution in [1.82, 2.24) is 10.6 Å². The number of hydrogen-bond acceptors (Lipinski definition) is 4. The van der Waals surface area contributed by atoms with Gasteiger partial charge in [0, 0.05) is 24.9 Å². The van der Waals surface area contributed by atoms with E-state index in [2.05, 4.69) is 34.9 Å². The molecule has 0 bridgehead atoms. The second kappa shape index (κ2) is 10.7. The molecule has 2 aromatic rings. The number of fused-ring (bicyclic) bond motifs is 3. The number of benzene rings is 2. The minimum atomic E-state index is -0.949. The standard InChI is InChI=1S/C27H34N2O5/c1-17(2)23(13-25(31)32)29-24(30)14-27(3,4)16-28-26(33)34-15-22-20-11-7-5-9-18(20)19-10-6-8-12-21(19)22/h5-12,17,22-23H,13-16H2,1-4H3,(H,28,33)(H,29,30)(H,31,32). The molecule has 3 N–H and O–H groups in total. The normalized spacial score (nSPS) is 13.7. The fraction of sp³-hybridized carbons (Fsp3) is 0.444. The van der Waals surface area contributed by atoms with E-state index in [0.29, 0.717) is 0 Å². The number of carboxylic acid groups (broad SMARTS) is 1. The maximum Gasteiger partial charge on any atom is 0.407 e. The lowest BCUT2D eigenvalue weighted by Gasteiger charge is -2.27. The molecule has 1 unspecified atom stereocenters. The predicted molar refractivity (Wildman–Crippen MR) is 130 cm³/mol. The van der Waals surface area contributed by atoms with Crippen molar-refractivity contribution in [1.29, 1.82) is 0 Å². The van der Waals surface area contributed by atoms with E-state index in [4.69, 9.17) is 9.84 Å². The Balaban J connectivity index is 1.51. The number of ether oxygens (including phenoxy) is 1. The van der Waals surface area contributed by atoms with Gasteiger partial charge >= 0.3 is 12.1 Å². The first kappa shape index (κ1) is 25.3. The number of carbonyl (C=O) groups is 3. The van der Waals surface area contributed by atoms with Gasteiger partial charge in [0.15, 0.2) is 0 Å². The van der Waals surface area contributed by atoms with Crippen molar-refractivity contribution in [3.05, 3.63) is 59.7 Å². The molecule has 0 aliphatic heterocycles. The monoisotopic (exact) mass is 466 g/mol. The van der Waals surface area contributed by atoms with Crippen LogP contribution in [0, 0.1) is 11.3 Å². The van der Waals surface area contributed by atoms with E-state index in [1.54, 1.807) is 0 Å². The van der Waals surface area contributed by atoms with Gasteiger partial charge in [-0.3, -0.25) is 9.59 Å². The number of hydrogen-bond donors (Lipinski definition) is 3. The zero-order valence-corrected chi connectivity index (χ0v) is 20.3. The summed E-state index contributed by atoms with van der Waals surface area (Å²) in [6.45, 7) is 7.97. The number of rotatable bonds is 10. The summed E-state index contributed by atoms with van der Waals surface area (Å²) in [5.41, 5.74) is 4.10. The molecule has 0 saturated carbocycles. The fourth-order valence-corrected chi connectivity index (χ4v) is 4.36. The summed E-state index contributed by atoms with van der Waals surface area (Å²) in [6.07, 6.45) is -0.497. The van der Waals surface area contributed by atoms with Gasteiger partial charge in [-0.05, 0) is 33.6 Å². The van der Waals surface area contributed by atoms with Gasteiger partial charge in [0.2, 0.25) is 5.91 Å². The SMILES string of the molecule is CC(C)C(CC(=O)O)NC(=O)CC(C)(C)CNC(=O)OCC1c2ccccc2-c2ccccc21. The van der Waals surface area contributed by atoms with E-state index in [1.165, 1.54) is 11.1 Å². The smallest absolute Gasteiger partial charge is 0.407 e. The quantitative estimate of drug-likeness (QED) is 0.476. The lowest BCUT2D eigenvalue weighted by Crippen LogP contribution is -2.43. The molecule has 182 valence electrons. The van der Waals surface area contributed by atoms with E-state index in [9.17, 15) is 14.4 Å². The van der Waals surface area contributed by atoms with Crippen LogP contribution in [0.4, 0.5) is 4.79 Å². The number of alkyl carbamates (subject to hydrolysis) is 1. The molecular formula is C27H34N2O5. The Morgan fingerprint density at radius 3 is 2.09 bits per heavy atom. The van der Waals surface area contributed by atoms with Crippen molar-refractivity contribution in [3.8, 4) is 11.1 Å². The number of carbonyl (C=O) groups excluding carboxylic acids is 2. The molecule has 0 saturated heterocycles. The highest BCUT2D eigenvalue weighted by Crippen LogP contribution is 2.44. The average Bonchev–Trinajstić information content (AvgIpc) is 3.09. The molecule has 34 heavy (non-hydrogen) atoms. The molecule has 0 heterocycles. The van der Waals surface area contributed by atoms with Crippen LogP contribution in [0.25, 0.3) is 11.1 Å². The van der Waals surface area contributed by atoms with E-state index >= 15 is 0 Å². The van der Waals surface area contributed by atoms with Gasteiger partial charge < -0.3 is 20.5 Å². The number of amides is 2. The summed E-state index contributed by atoms with van der Waals surface area (Å²) in [5, 5.41) is 14.6. The first-order chi connectivity index (χ1) is 16.1. The van der Waals surface area contributed by atoms with Crippen LogP contribution in [0.5, 0.6) is 0 Å². The minimum absolute atomic E-state index is 0.00196. The molecule has 0 radical (unpaired) electrons. The van der Waals surface area contributed by atoms with E-state index in [1.807, 2.05) is 52.0 Å². The van der Waals surface area contributed by atoms with Crippen LogP contribution in [0.1, 0.15) is 57.6 Å². The Morgan fingerprint density at radius 2 is 1.56 bits per heavy atom. The highest BCUT2D eigenvalue weighted by Gasteiger charge is 2.30. The van der Waals surface area contributed by atoms with Gasteiger partial charge in [0.05, 0.1) is 6.42 Å². The second-order valence-corrected chi connectivity index (χ2v) is 10.0. The van der Waals surface area contributed by atoms with E-state index < -0.39 is 23.5 Å². The fourth-order valence-electron chi connectivity index (χ4n) is 4.36.